The van der Waals surface area contributed by atoms with Gasteiger partial charge in [0.2, 0.25) is 6.29 Å². The lowest BCUT2D eigenvalue weighted by Gasteiger charge is -2.43. The zero-order valence-corrected chi connectivity index (χ0v) is 18.1. The molecule has 0 bridgehead atoms. The molecule has 32 heavy (non-hydrogen) atoms. The molecule has 10 atom stereocenters. The van der Waals surface area contributed by atoms with Crippen LogP contribution in [0.5, 0.6) is 0 Å². The van der Waals surface area contributed by atoms with Crippen molar-refractivity contribution >= 4 is 5.97 Å². The lowest BCUT2D eigenvalue weighted by atomic mass is 9.81. The third-order valence-corrected chi connectivity index (χ3v) is 5.98. The Morgan fingerprint density at radius 1 is 1.22 bits per heavy atom. The molecule has 2 saturated heterocycles. The fourth-order valence-corrected chi connectivity index (χ4v) is 4.09. The average Bonchev–Trinajstić information content (AvgIpc) is 2.79. The van der Waals surface area contributed by atoms with Crippen LogP contribution in [-0.4, -0.2) is 96.1 Å². The highest BCUT2D eigenvalue weighted by Gasteiger charge is 2.48. The number of hydrogen-bond acceptors (Lipinski definition) is 11. The van der Waals surface area contributed by atoms with Gasteiger partial charge in [0.25, 0.3) is 0 Å². The van der Waals surface area contributed by atoms with Crippen molar-refractivity contribution in [3.05, 3.63) is 24.5 Å². The second kappa shape index (κ2) is 11.0. The number of aliphatic hydroxyl groups excluding tert-OH is 4. The summed E-state index contributed by atoms with van der Waals surface area (Å²) in [6.07, 6.45) is -5.06. The zero-order valence-electron chi connectivity index (χ0n) is 18.1. The van der Waals surface area contributed by atoms with Crippen LogP contribution in [0.1, 0.15) is 19.8 Å². The highest BCUT2D eigenvalue weighted by atomic mass is 16.8. The lowest BCUT2D eigenvalue weighted by Crippen LogP contribution is -2.60. The first-order valence-corrected chi connectivity index (χ1v) is 10.6. The standard InChI is InChI=1S/C21H32O11/c1-4-11-12(7-15-28-6-5-10(2)30-15)13(19(26)27-3)9-29-20(11)32-21-18(25)17(24)16(23)14(8-22)31-21/h4,9-12,14-18,20-25H,1,5-8H2,2-3H3/t10-,11+,12-,14+,15+,16+,17-,18+,20-,21-/m0/s1. The van der Waals surface area contributed by atoms with Crippen molar-refractivity contribution in [1.82, 2.24) is 0 Å². The Bertz CT molecular complexity index is 681. The Balaban J connectivity index is 1.80. The van der Waals surface area contributed by atoms with Crippen molar-refractivity contribution in [2.24, 2.45) is 11.8 Å². The van der Waals surface area contributed by atoms with Crippen molar-refractivity contribution in [2.75, 3.05) is 20.3 Å². The molecule has 11 nitrogen and oxygen atoms in total. The Morgan fingerprint density at radius 2 is 1.97 bits per heavy atom. The van der Waals surface area contributed by atoms with E-state index in [0.717, 1.165) is 6.42 Å². The molecule has 3 rings (SSSR count). The monoisotopic (exact) mass is 460 g/mol. The summed E-state index contributed by atoms with van der Waals surface area (Å²) >= 11 is 0. The average molecular weight is 460 g/mol. The Kier molecular flexibility index (Phi) is 8.64. The first-order chi connectivity index (χ1) is 15.3. The minimum atomic E-state index is -1.60. The van der Waals surface area contributed by atoms with Crippen LogP contribution >= 0.6 is 0 Å². The maximum absolute atomic E-state index is 12.4. The van der Waals surface area contributed by atoms with Crippen LogP contribution in [0, 0.1) is 11.8 Å². The second-order valence-electron chi connectivity index (χ2n) is 8.09. The van der Waals surface area contributed by atoms with Crippen LogP contribution in [0.15, 0.2) is 24.5 Å². The number of ether oxygens (including phenoxy) is 6. The van der Waals surface area contributed by atoms with Gasteiger partial charge in [-0.3, -0.25) is 0 Å². The van der Waals surface area contributed by atoms with E-state index in [4.69, 9.17) is 28.4 Å². The van der Waals surface area contributed by atoms with E-state index in [2.05, 4.69) is 6.58 Å². The topological polar surface area (TPSA) is 153 Å². The molecule has 0 saturated carbocycles. The number of rotatable bonds is 7. The molecule has 0 aromatic rings. The Labute approximate surface area is 186 Å². The first kappa shape index (κ1) is 25.1. The van der Waals surface area contributed by atoms with E-state index in [-0.39, 0.29) is 11.7 Å². The van der Waals surface area contributed by atoms with E-state index in [1.165, 1.54) is 13.4 Å². The fraction of sp³-hybridized carbons (Fsp3) is 0.762. The molecular weight excluding hydrogens is 428 g/mol. The van der Waals surface area contributed by atoms with E-state index >= 15 is 0 Å². The second-order valence-corrected chi connectivity index (χ2v) is 8.09. The quantitative estimate of drug-likeness (QED) is 0.278. The van der Waals surface area contributed by atoms with Crippen LogP contribution in [0.2, 0.25) is 0 Å². The van der Waals surface area contributed by atoms with Gasteiger partial charge in [0.1, 0.15) is 24.4 Å². The summed E-state index contributed by atoms with van der Waals surface area (Å²) in [4.78, 5) is 12.4. The molecule has 0 unspecified atom stereocenters. The summed E-state index contributed by atoms with van der Waals surface area (Å²) in [5, 5.41) is 39.7. The predicted octanol–water partition coefficient (Wildman–Crippen LogP) is -0.824. The van der Waals surface area contributed by atoms with E-state index < -0.39 is 67.7 Å². The van der Waals surface area contributed by atoms with Gasteiger partial charge in [0.05, 0.1) is 38.3 Å². The molecule has 0 aromatic carbocycles. The molecule has 0 amide bonds. The molecule has 11 heteroatoms. The molecule has 0 spiro atoms. The Morgan fingerprint density at radius 3 is 2.59 bits per heavy atom. The zero-order chi connectivity index (χ0) is 23.4. The van der Waals surface area contributed by atoms with Gasteiger partial charge in [-0.2, -0.15) is 0 Å². The van der Waals surface area contributed by atoms with E-state index in [1.54, 1.807) is 6.08 Å². The van der Waals surface area contributed by atoms with Crippen molar-refractivity contribution in [2.45, 2.75) is 69.2 Å². The summed E-state index contributed by atoms with van der Waals surface area (Å²) < 4.78 is 33.2. The molecule has 0 aliphatic carbocycles. The molecule has 0 radical (unpaired) electrons. The largest absolute Gasteiger partial charge is 0.471 e. The van der Waals surface area contributed by atoms with E-state index in [1.807, 2.05) is 6.92 Å². The van der Waals surface area contributed by atoms with Gasteiger partial charge in [-0.15, -0.1) is 6.58 Å². The van der Waals surface area contributed by atoms with E-state index in [9.17, 15) is 25.2 Å². The lowest BCUT2D eigenvalue weighted by molar-refractivity contribution is -0.340. The summed E-state index contributed by atoms with van der Waals surface area (Å²) in [5.74, 6) is -1.71. The molecule has 3 aliphatic heterocycles. The first-order valence-electron chi connectivity index (χ1n) is 10.6. The highest BCUT2D eigenvalue weighted by Crippen LogP contribution is 2.38. The summed E-state index contributed by atoms with van der Waals surface area (Å²) in [7, 11) is 1.26. The van der Waals surface area contributed by atoms with Gasteiger partial charge in [0.15, 0.2) is 12.6 Å². The normalized spacial score (nSPS) is 42.5. The van der Waals surface area contributed by atoms with Crippen LogP contribution in [-0.2, 0) is 33.2 Å². The third kappa shape index (κ3) is 5.32. The minimum Gasteiger partial charge on any atom is -0.471 e. The number of esters is 1. The molecular formula is C21H32O11. The van der Waals surface area contributed by atoms with Crippen molar-refractivity contribution in [1.29, 1.82) is 0 Å². The summed E-state index contributed by atoms with van der Waals surface area (Å²) in [5.41, 5.74) is 0.247. The fourth-order valence-electron chi connectivity index (χ4n) is 4.09. The number of hydrogen-bond donors (Lipinski definition) is 4. The van der Waals surface area contributed by atoms with Gasteiger partial charge in [0, 0.05) is 18.3 Å². The molecule has 2 fully saturated rings. The number of carbonyl (C=O) groups excluding carboxylic acids is 1. The number of methoxy groups -OCH3 is 1. The van der Waals surface area contributed by atoms with Gasteiger partial charge in [-0.1, -0.05) is 6.08 Å². The minimum absolute atomic E-state index is 0.00231. The van der Waals surface area contributed by atoms with Crippen LogP contribution < -0.4 is 0 Å². The van der Waals surface area contributed by atoms with Crippen molar-refractivity contribution in [3.8, 4) is 0 Å². The smallest absolute Gasteiger partial charge is 0.337 e. The van der Waals surface area contributed by atoms with Gasteiger partial charge >= 0.3 is 5.97 Å². The molecule has 4 N–H and O–H groups in total. The highest BCUT2D eigenvalue weighted by molar-refractivity contribution is 5.88. The predicted molar refractivity (Wildman–Crippen MR) is 107 cm³/mol. The summed E-state index contributed by atoms with van der Waals surface area (Å²) in [6, 6.07) is 0. The Hall–Kier alpha value is -1.57. The van der Waals surface area contributed by atoms with Gasteiger partial charge in [-0.05, 0) is 13.3 Å². The van der Waals surface area contributed by atoms with Gasteiger partial charge in [-0.25, -0.2) is 4.79 Å². The maximum atomic E-state index is 12.4. The maximum Gasteiger partial charge on any atom is 0.337 e. The van der Waals surface area contributed by atoms with Crippen LogP contribution in [0.25, 0.3) is 0 Å². The van der Waals surface area contributed by atoms with Crippen molar-refractivity contribution < 1.29 is 53.6 Å². The third-order valence-electron chi connectivity index (χ3n) is 5.98. The van der Waals surface area contributed by atoms with Gasteiger partial charge < -0.3 is 48.8 Å². The molecule has 0 aromatic heterocycles. The molecule has 3 aliphatic rings. The van der Waals surface area contributed by atoms with Crippen LogP contribution in [0.4, 0.5) is 0 Å². The molecule has 182 valence electrons. The summed E-state index contributed by atoms with van der Waals surface area (Å²) in [6.45, 7) is 5.70. The number of aliphatic hydroxyl groups is 4. The number of carbonyl (C=O) groups is 1. The SMILES string of the molecule is C=C[C@H]1[C@H](O[C@@H]2O[C@H](CO)[C@@H](O)[C@H](O)[C@H]2O)OC=C(C(=O)OC)[C@H]1C[C@@H]1OCC[C@H](C)O1. The van der Waals surface area contributed by atoms with E-state index in [0.29, 0.717) is 13.0 Å². The van der Waals surface area contributed by atoms with Crippen LogP contribution in [0.3, 0.4) is 0 Å². The van der Waals surface area contributed by atoms with Crippen molar-refractivity contribution in [3.63, 3.8) is 0 Å². The molecule has 3 heterocycles.